The maximum atomic E-state index is 10.7. The topological polar surface area (TPSA) is 86.6 Å². The second kappa shape index (κ2) is 5.18. The Labute approximate surface area is 78.3 Å². The summed E-state index contributed by atoms with van der Waals surface area (Å²) in [6.07, 6.45) is 0. The molecule has 0 aromatic carbocycles. The molecule has 0 radical (unpaired) electrons. The Balaban J connectivity index is 4.03. The highest BCUT2D eigenvalue weighted by atomic mass is 35.5. The zero-order chi connectivity index (χ0) is 9.72. The first kappa shape index (κ1) is 11.5. The summed E-state index contributed by atoms with van der Waals surface area (Å²) in [5, 5.41) is 18.7. The SMILES string of the molecule is O=C(N[C@H](CO)C(=O)O)C(Cl)Cl. The van der Waals surface area contributed by atoms with Gasteiger partial charge in [0.15, 0.2) is 4.84 Å². The summed E-state index contributed by atoms with van der Waals surface area (Å²) in [7, 11) is 0. The molecule has 5 nitrogen and oxygen atoms in total. The molecule has 0 aliphatic rings. The number of hydrogen-bond acceptors (Lipinski definition) is 3. The summed E-state index contributed by atoms with van der Waals surface area (Å²) in [6.45, 7) is -0.707. The summed E-state index contributed by atoms with van der Waals surface area (Å²) in [5.74, 6) is -2.19. The van der Waals surface area contributed by atoms with E-state index in [-0.39, 0.29) is 0 Å². The predicted molar refractivity (Wildman–Crippen MR) is 42.1 cm³/mol. The van der Waals surface area contributed by atoms with E-state index in [2.05, 4.69) is 0 Å². The third-order valence-electron chi connectivity index (χ3n) is 0.995. The van der Waals surface area contributed by atoms with Crippen LogP contribution in [0.1, 0.15) is 0 Å². The molecule has 0 saturated heterocycles. The van der Waals surface area contributed by atoms with Gasteiger partial charge in [0, 0.05) is 0 Å². The van der Waals surface area contributed by atoms with Crippen molar-refractivity contribution in [3.8, 4) is 0 Å². The molecule has 0 bridgehead atoms. The zero-order valence-corrected chi connectivity index (χ0v) is 7.34. The summed E-state index contributed by atoms with van der Waals surface area (Å²) in [6, 6.07) is -1.36. The van der Waals surface area contributed by atoms with E-state index in [1.54, 1.807) is 0 Å². The van der Waals surface area contributed by atoms with Crippen molar-refractivity contribution in [2.24, 2.45) is 0 Å². The fraction of sp³-hybridized carbons (Fsp3) is 0.600. The van der Waals surface area contributed by atoms with E-state index in [0.717, 1.165) is 0 Å². The first-order valence-corrected chi connectivity index (χ1v) is 3.78. The maximum absolute atomic E-state index is 10.7. The molecule has 3 N–H and O–H groups in total. The van der Waals surface area contributed by atoms with Gasteiger partial charge in [-0.3, -0.25) is 4.79 Å². The minimum absolute atomic E-state index is 0.707. The van der Waals surface area contributed by atoms with Crippen molar-refractivity contribution in [3.63, 3.8) is 0 Å². The van der Waals surface area contributed by atoms with E-state index >= 15 is 0 Å². The number of carbonyl (C=O) groups excluding carboxylic acids is 1. The highest BCUT2D eigenvalue weighted by molar-refractivity contribution is 6.53. The minimum atomic E-state index is -1.36. The molecule has 7 heteroatoms. The summed E-state index contributed by atoms with van der Waals surface area (Å²) in [4.78, 5) is 19.6. The third kappa shape index (κ3) is 3.75. The lowest BCUT2D eigenvalue weighted by Gasteiger charge is -2.11. The molecule has 0 aliphatic heterocycles. The van der Waals surface area contributed by atoms with Crippen molar-refractivity contribution in [1.82, 2.24) is 5.32 Å². The number of amides is 1. The first-order chi connectivity index (χ1) is 5.49. The Kier molecular flexibility index (Phi) is 4.96. The Morgan fingerprint density at radius 3 is 2.17 bits per heavy atom. The van der Waals surface area contributed by atoms with Crippen molar-refractivity contribution in [3.05, 3.63) is 0 Å². The smallest absolute Gasteiger partial charge is 0.328 e. The number of carboxylic acid groups (broad SMARTS) is 1. The molecule has 0 saturated carbocycles. The van der Waals surface area contributed by atoms with E-state index in [1.807, 2.05) is 5.32 Å². The number of aliphatic carboxylic acids is 1. The molecular weight excluding hydrogens is 209 g/mol. The molecule has 1 amide bonds. The van der Waals surface area contributed by atoms with E-state index < -0.39 is 29.4 Å². The van der Waals surface area contributed by atoms with Gasteiger partial charge in [0.2, 0.25) is 0 Å². The average Bonchev–Trinajstić information content (AvgIpc) is 1.98. The average molecular weight is 216 g/mol. The van der Waals surface area contributed by atoms with Gasteiger partial charge in [-0.25, -0.2) is 4.79 Å². The number of halogens is 2. The number of hydrogen-bond donors (Lipinski definition) is 3. The number of aliphatic hydroxyl groups excluding tert-OH is 1. The number of carbonyl (C=O) groups is 2. The molecule has 0 unspecified atom stereocenters. The van der Waals surface area contributed by atoms with Crippen LogP contribution >= 0.6 is 23.2 Å². The van der Waals surface area contributed by atoms with Crippen LogP contribution in [0.5, 0.6) is 0 Å². The van der Waals surface area contributed by atoms with Crippen LogP contribution in [0, 0.1) is 0 Å². The molecule has 70 valence electrons. The van der Waals surface area contributed by atoms with Gasteiger partial charge in [-0.1, -0.05) is 23.2 Å². The summed E-state index contributed by atoms with van der Waals surface area (Å²) >= 11 is 10.2. The van der Waals surface area contributed by atoms with Crippen LogP contribution in [0.3, 0.4) is 0 Å². The fourth-order valence-electron chi connectivity index (χ4n) is 0.420. The van der Waals surface area contributed by atoms with Crippen LogP contribution in [-0.4, -0.2) is 39.6 Å². The lowest BCUT2D eigenvalue weighted by atomic mass is 10.3. The quantitative estimate of drug-likeness (QED) is 0.545. The molecule has 0 fully saturated rings. The molecule has 0 aromatic rings. The Bertz CT molecular complexity index is 184. The lowest BCUT2D eigenvalue weighted by molar-refractivity contribution is -0.142. The van der Waals surface area contributed by atoms with Gasteiger partial charge in [0.25, 0.3) is 5.91 Å². The van der Waals surface area contributed by atoms with Crippen LogP contribution < -0.4 is 5.32 Å². The van der Waals surface area contributed by atoms with E-state index in [9.17, 15) is 9.59 Å². The Hall–Kier alpha value is -0.520. The number of rotatable bonds is 4. The molecular formula is C5H7Cl2NO4. The fourth-order valence-corrected chi connectivity index (χ4v) is 0.546. The molecule has 0 rings (SSSR count). The number of alkyl halides is 2. The maximum Gasteiger partial charge on any atom is 0.328 e. The van der Waals surface area contributed by atoms with E-state index in [0.29, 0.717) is 0 Å². The van der Waals surface area contributed by atoms with E-state index in [4.69, 9.17) is 33.4 Å². The molecule has 0 aliphatic carbocycles. The number of nitrogens with one attached hydrogen (secondary N) is 1. The zero-order valence-electron chi connectivity index (χ0n) is 5.83. The summed E-state index contributed by atoms with van der Waals surface area (Å²) < 4.78 is 0. The molecule has 0 aromatic heterocycles. The second-order valence-corrected chi connectivity index (χ2v) is 2.98. The van der Waals surface area contributed by atoms with Crippen molar-refractivity contribution in [1.29, 1.82) is 0 Å². The largest absolute Gasteiger partial charge is 0.480 e. The normalized spacial score (nSPS) is 12.7. The first-order valence-electron chi connectivity index (χ1n) is 2.91. The van der Waals surface area contributed by atoms with Gasteiger partial charge in [-0.15, -0.1) is 0 Å². The van der Waals surface area contributed by atoms with Gasteiger partial charge >= 0.3 is 5.97 Å². The van der Waals surface area contributed by atoms with Crippen LogP contribution in [0.25, 0.3) is 0 Å². The van der Waals surface area contributed by atoms with Crippen LogP contribution in [0.4, 0.5) is 0 Å². The molecule has 0 heterocycles. The molecule has 0 spiro atoms. The summed E-state index contributed by atoms with van der Waals surface area (Å²) in [5.41, 5.74) is 0. The second-order valence-electron chi connectivity index (χ2n) is 1.88. The van der Waals surface area contributed by atoms with Gasteiger partial charge in [-0.2, -0.15) is 0 Å². The van der Waals surface area contributed by atoms with Gasteiger partial charge < -0.3 is 15.5 Å². The van der Waals surface area contributed by atoms with Crippen molar-refractivity contribution < 1.29 is 19.8 Å². The van der Waals surface area contributed by atoms with Crippen LogP contribution in [0.15, 0.2) is 0 Å². The van der Waals surface area contributed by atoms with E-state index in [1.165, 1.54) is 0 Å². The Morgan fingerprint density at radius 2 is 1.92 bits per heavy atom. The van der Waals surface area contributed by atoms with Gasteiger partial charge in [0.05, 0.1) is 6.61 Å². The minimum Gasteiger partial charge on any atom is -0.480 e. The van der Waals surface area contributed by atoms with Gasteiger partial charge in [-0.05, 0) is 0 Å². The highest BCUT2D eigenvalue weighted by Gasteiger charge is 2.21. The predicted octanol–water partition coefficient (Wildman–Crippen LogP) is -0.648. The van der Waals surface area contributed by atoms with Crippen molar-refractivity contribution in [2.75, 3.05) is 6.61 Å². The van der Waals surface area contributed by atoms with Crippen molar-refractivity contribution >= 4 is 35.1 Å². The molecule has 12 heavy (non-hydrogen) atoms. The standard InChI is InChI=1S/C5H7Cl2NO4/c6-3(7)4(10)8-2(1-9)5(11)12/h2-3,9H,1H2,(H,8,10)(H,11,12)/t2-/m1/s1. The third-order valence-corrected chi connectivity index (χ3v) is 1.39. The number of aliphatic hydroxyl groups is 1. The number of carboxylic acids is 1. The van der Waals surface area contributed by atoms with Crippen LogP contribution in [-0.2, 0) is 9.59 Å². The van der Waals surface area contributed by atoms with Crippen molar-refractivity contribution in [2.45, 2.75) is 10.9 Å². The monoisotopic (exact) mass is 215 g/mol. The Morgan fingerprint density at radius 1 is 1.42 bits per heavy atom. The van der Waals surface area contributed by atoms with Crippen LogP contribution in [0.2, 0.25) is 0 Å². The van der Waals surface area contributed by atoms with Gasteiger partial charge in [0.1, 0.15) is 6.04 Å². The highest BCUT2D eigenvalue weighted by Crippen LogP contribution is 2.01. The molecule has 1 atom stereocenters. The lowest BCUT2D eigenvalue weighted by Crippen LogP contribution is -2.45.